The molecule has 0 aromatic heterocycles. The minimum Gasteiger partial charge on any atom is -0.459 e. The molecule has 25 heavy (non-hydrogen) atoms. The predicted molar refractivity (Wildman–Crippen MR) is 71.2 cm³/mol. The van der Waals surface area contributed by atoms with Crippen molar-refractivity contribution in [1.82, 2.24) is 5.32 Å². The summed E-state index contributed by atoms with van der Waals surface area (Å²) in [6.45, 7) is 3.90. The first-order valence-corrected chi connectivity index (χ1v) is 7.49. The Morgan fingerprint density at radius 1 is 1.08 bits per heavy atom. The minimum absolute atomic E-state index is 0.255. The first kappa shape index (κ1) is 21.9. The molecule has 1 saturated heterocycles. The molecule has 0 atom stereocenters. The lowest BCUT2D eigenvalue weighted by Crippen LogP contribution is -2.58. The second-order valence-corrected chi connectivity index (χ2v) is 6.48. The smallest absolute Gasteiger partial charge is 0.378 e. The summed E-state index contributed by atoms with van der Waals surface area (Å²) >= 11 is 0. The van der Waals surface area contributed by atoms with Crippen molar-refractivity contribution in [2.45, 2.75) is 62.9 Å². The lowest BCUT2D eigenvalue weighted by molar-refractivity contribution is -0.338. The van der Waals surface area contributed by atoms with Crippen LogP contribution in [0.4, 0.5) is 35.1 Å². The largest absolute Gasteiger partial charge is 0.459 e. The molecular weight excluding hydrogens is 366 g/mol. The summed E-state index contributed by atoms with van der Waals surface area (Å²) in [5.41, 5.74) is -1.30. The first-order chi connectivity index (χ1) is 11.1. The molecule has 0 radical (unpaired) electrons. The Balaban J connectivity index is 2.83. The maximum atomic E-state index is 13.5. The van der Waals surface area contributed by atoms with E-state index in [1.165, 1.54) is 13.8 Å². The first-order valence-electron chi connectivity index (χ1n) is 7.49. The van der Waals surface area contributed by atoms with Gasteiger partial charge in [-0.2, -0.15) is 26.3 Å². The summed E-state index contributed by atoms with van der Waals surface area (Å²) in [6, 6.07) is 0. The molecule has 0 aromatic rings. The van der Waals surface area contributed by atoms with Crippen LogP contribution in [0.1, 0.15) is 33.1 Å². The quantitative estimate of drug-likeness (QED) is 0.534. The number of esters is 1. The molecule has 11 heteroatoms. The number of nitrogens with one attached hydrogen (secondary N) is 1. The average molecular weight is 385 g/mol. The van der Waals surface area contributed by atoms with Gasteiger partial charge >= 0.3 is 30.2 Å². The molecule has 0 aromatic carbocycles. The standard InChI is InChI=1S/C14H19F8NO2/c1-11(2,8-3-5-23-6-4-8)25-9(24)7-12(17,18)14(21,22)13(19,20)10(15)16/h8,10,23H,3-7H2,1-2H3. The average Bonchev–Trinajstić information content (AvgIpc) is 2.46. The van der Waals surface area contributed by atoms with Crippen LogP contribution in [0.3, 0.4) is 0 Å². The van der Waals surface area contributed by atoms with Gasteiger partial charge in [-0.1, -0.05) is 0 Å². The topological polar surface area (TPSA) is 38.3 Å². The number of ether oxygens (including phenoxy) is 1. The van der Waals surface area contributed by atoms with Crippen LogP contribution < -0.4 is 5.32 Å². The van der Waals surface area contributed by atoms with Gasteiger partial charge in [0.1, 0.15) is 12.0 Å². The maximum Gasteiger partial charge on any atom is 0.378 e. The Morgan fingerprint density at radius 2 is 1.56 bits per heavy atom. The zero-order chi connectivity index (χ0) is 19.7. The highest BCUT2D eigenvalue weighted by Crippen LogP contribution is 2.50. The molecule has 148 valence electrons. The van der Waals surface area contributed by atoms with Gasteiger partial charge in [0.2, 0.25) is 0 Å². The lowest BCUT2D eigenvalue weighted by atomic mass is 9.83. The number of piperidine rings is 1. The zero-order valence-electron chi connectivity index (χ0n) is 13.5. The van der Waals surface area contributed by atoms with Gasteiger partial charge in [0.15, 0.2) is 0 Å². The molecule has 1 aliphatic rings. The SMILES string of the molecule is CC(C)(OC(=O)CC(F)(F)C(F)(F)C(F)(F)C(F)F)C1CCNCC1. The number of carbonyl (C=O) groups excluding carboxylic acids is 1. The van der Waals surface area contributed by atoms with E-state index in [0.29, 0.717) is 25.9 Å². The van der Waals surface area contributed by atoms with E-state index >= 15 is 0 Å². The van der Waals surface area contributed by atoms with Crippen molar-refractivity contribution < 1.29 is 44.7 Å². The van der Waals surface area contributed by atoms with Crippen LogP contribution in [0.5, 0.6) is 0 Å². The Kier molecular flexibility index (Phi) is 6.35. The Morgan fingerprint density at radius 3 is 2.00 bits per heavy atom. The van der Waals surface area contributed by atoms with Crippen LogP contribution in [0.2, 0.25) is 0 Å². The van der Waals surface area contributed by atoms with E-state index in [1.807, 2.05) is 0 Å². The second kappa shape index (κ2) is 7.24. The molecule has 0 unspecified atom stereocenters. The third-order valence-corrected chi connectivity index (χ3v) is 4.22. The third kappa shape index (κ3) is 4.53. The van der Waals surface area contributed by atoms with Crippen molar-refractivity contribution >= 4 is 5.97 Å². The molecule has 0 aliphatic carbocycles. The van der Waals surface area contributed by atoms with E-state index in [4.69, 9.17) is 4.74 Å². The molecule has 0 bridgehead atoms. The van der Waals surface area contributed by atoms with Crippen molar-refractivity contribution in [1.29, 1.82) is 0 Å². The van der Waals surface area contributed by atoms with E-state index < -0.39 is 42.2 Å². The minimum atomic E-state index is -6.41. The van der Waals surface area contributed by atoms with Crippen LogP contribution in [-0.2, 0) is 9.53 Å². The molecule has 0 amide bonds. The van der Waals surface area contributed by atoms with Gasteiger partial charge in [0.25, 0.3) is 0 Å². The van der Waals surface area contributed by atoms with Crippen LogP contribution in [0.15, 0.2) is 0 Å². The molecule has 0 saturated carbocycles. The second-order valence-electron chi connectivity index (χ2n) is 6.48. The molecule has 0 spiro atoms. The van der Waals surface area contributed by atoms with Gasteiger partial charge in [-0.05, 0) is 39.8 Å². The lowest BCUT2D eigenvalue weighted by Gasteiger charge is -2.37. The van der Waals surface area contributed by atoms with Crippen LogP contribution in [-0.4, -0.2) is 48.9 Å². The Bertz CT molecular complexity index is 475. The fourth-order valence-electron chi connectivity index (χ4n) is 2.60. The van der Waals surface area contributed by atoms with Crippen molar-refractivity contribution in [2.24, 2.45) is 5.92 Å². The number of hydrogen-bond donors (Lipinski definition) is 1. The number of carbonyl (C=O) groups is 1. The summed E-state index contributed by atoms with van der Waals surface area (Å²) in [4.78, 5) is 11.6. The summed E-state index contributed by atoms with van der Waals surface area (Å²) < 4.78 is 108. The van der Waals surface area contributed by atoms with E-state index in [1.54, 1.807) is 0 Å². The highest BCUT2D eigenvalue weighted by atomic mass is 19.4. The fraction of sp³-hybridized carbons (Fsp3) is 0.929. The molecule has 1 rings (SSSR count). The number of hydrogen-bond acceptors (Lipinski definition) is 3. The van der Waals surface area contributed by atoms with Crippen molar-refractivity contribution in [3.05, 3.63) is 0 Å². The fourth-order valence-corrected chi connectivity index (χ4v) is 2.60. The molecular formula is C14H19F8NO2. The summed E-state index contributed by atoms with van der Waals surface area (Å²) in [5, 5.41) is 3.01. The summed E-state index contributed by atoms with van der Waals surface area (Å²) in [6.07, 6.45) is -6.40. The summed E-state index contributed by atoms with van der Waals surface area (Å²) in [7, 11) is 0. The molecule has 1 fully saturated rings. The normalized spacial score (nSPS) is 18.5. The van der Waals surface area contributed by atoms with Crippen molar-refractivity contribution in [3.8, 4) is 0 Å². The number of alkyl halides is 8. The van der Waals surface area contributed by atoms with Crippen LogP contribution in [0, 0.1) is 5.92 Å². The Labute approximate surface area is 139 Å². The van der Waals surface area contributed by atoms with Gasteiger partial charge in [0.05, 0.1) is 0 Å². The van der Waals surface area contributed by atoms with Crippen molar-refractivity contribution in [3.63, 3.8) is 0 Å². The van der Waals surface area contributed by atoms with Crippen molar-refractivity contribution in [2.75, 3.05) is 13.1 Å². The van der Waals surface area contributed by atoms with E-state index in [9.17, 15) is 39.9 Å². The van der Waals surface area contributed by atoms with Gasteiger partial charge in [-0.15, -0.1) is 0 Å². The van der Waals surface area contributed by atoms with Gasteiger partial charge < -0.3 is 10.1 Å². The van der Waals surface area contributed by atoms with E-state index in [2.05, 4.69) is 5.32 Å². The van der Waals surface area contributed by atoms with Gasteiger partial charge in [-0.25, -0.2) is 8.78 Å². The molecule has 1 aliphatic heterocycles. The molecule has 1 N–H and O–H groups in total. The maximum absolute atomic E-state index is 13.5. The number of halogens is 8. The third-order valence-electron chi connectivity index (χ3n) is 4.22. The molecule has 3 nitrogen and oxygen atoms in total. The predicted octanol–water partition coefficient (Wildman–Crippen LogP) is 3.87. The van der Waals surface area contributed by atoms with Gasteiger partial charge in [-0.3, -0.25) is 4.79 Å². The Hall–Kier alpha value is -1.13. The number of rotatable bonds is 7. The van der Waals surface area contributed by atoms with Gasteiger partial charge in [0, 0.05) is 5.92 Å². The highest BCUT2D eigenvalue weighted by molar-refractivity contribution is 5.71. The van der Waals surface area contributed by atoms with E-state index in [-0.39, 0.29) is 5.92 Å². The zero-order valence-corrected chi connectivity index (χ0v) is 13.5. The van der Waals surface area contributed by atoms with E-state index in [0.717, 1.165) is 0 Å². The monoisotopic (exact) mass is 385 g/mol. The highest BCUT2D eigenvalue weighted by Gasteiger charge is 2.75. The van der Waals surface area contributed by atoms with Crippen LogP contribution in [0.25, 0.3) is 0 Å². The summed E-state index contributed by atoms with van der Waals surface area (Å²) in [5.74, 6) is -20.5. The van der Waals surface area contributed by atoms with Crippen LogP contribution >= 0.6 is 0 Å². The molecule has 1 heterocycles.